The van der Waals surface area contributed by atoms with Crippen molar-refractivity contribution < 1.29 is 0 Å². The van der Waals surface area contributed by atoms with Crippen LogP contribution in [0.25, 0.3) is 0 Å². The largest absolute Gasteiger partial charge is 0.313 e. The minimum Gasteiger partial charge on any atom is -0.313 e. The molecule has 0 radical (unpaired) electrons. The van der Waals surface area contributed by atoms with Crippen LogP contribution in [0, 0.1) is 20.8 Å². The monoisotopic (exact) mass is 253 g/mol. The van der Waals surface area contributed by atoms with Crippen LogP contribution < -0.4 is 5.32 Å². The maximum Gasteiger partial charge on any atom is 0.0358 e. The Kier molecular flexibility index (Phi) is 4.39. The summed E-state index contributed by atoms with van der Waals surface area (Å²) in [6.07, 6.45) is 1.04. The van der Waals surface area contributed by atoms with Gasteiger partial charge < -0.3 is 5.32 Å². The molecule has 1 heteroatoms. The lowest BCUT2D eigenvalue weighted by molar-refractivity contribution is 0.589. The first kappa shape index (κ1) is 13.8. The predicted molar refractivity (Wildman–Crippen MR) is 82.6 cm³/mol. The molecule has 2 aromatic rings. The van der Waals surface area contributed by atoms with Crippen molar-refractivity contribution in [2.75, 3.05) is 7.05 Å². The first-order valence-electron chi connectivity index (χ1n) is 6.90. The summed E-state index contributed by atoms with van der Waals surface area (Å²) in [6.45, 7) is 6.53. The fraction of sp³-hybridized carbons (Fsp3) is 0.333. The fourth-order valence-electron chi connectivity index (χ4n) is 2.56. The summed E-state index contributed by atoms with van der Waals surface area (Å²) in [7, 11) is 2.04. The van der Waals surface area contributed by atoms with E-state index in [1.807, 2.05) is 7.05 Å². The molecule has 0 bridgehead atoms. The summed E-state index contributed by atoms with van der Waals surface area (Å²) >= 11 is 0. The van der Waals surface area contributed by atoms with Gasteiger partial charge in [0.1, 0.15) is 0 Å². The van der Waals surface area contributed by atoms with Crippen molar-refractivity contribution >= 4 is 0 Å². The van der Waals surface area contributed by atoms with Gasteiger partial charge in [-0.15, -0.1) is 0 Å². The third-order valence-electron chi connectivity index (χ3n) is 3.88. The van der Waals surface area contributed by atoms with Crippen LogP contribution in [0.2, 0.25) is 0 Å². The Hall–Kier alpha value is -1.60. The lowest BCUT2D eigenvalue weighted by Gasteiger charge is -2.19. The van der Waals surface area contributed by atoms with E-state index in [1.165, 1.54) is 27.8 Å². The number of benzene rings is 2. The zero-order valence-corrected chi connectivity index (χ0v) is 12.3. The maximum absolute atomic E-state index is 3.44. The molecule has 0 saturated carbocycles. The number of hydrogen-bond acceptors (Lipinski definition) is 1. The van der Waals surface area contributed by atoms with Crippen molar-refractivity contribution in [3.8, 4) is 0 Å². The van der Waals surface area contributed by atoms with Crippen LogP contribution in [0.3, 0.4) is 0 Å². The van der Waals surface area contributed by atoms with Gasteiger partial charge in [0.05, 0.1) is 0 Å². The molecule has 1 nitrogen and oxygen atoms in total. The molecule has 0 amide bonds. The normalized spacial score (nSPS) is 12.4. The van der Waals surface area contributed by atoms with Crippen LogP contribution >= 0.6 is 0 Å². The van der Waals surface area contributed by atoms with Gasteiger partial charge in [0.15, 0.2) is 0 Å². The lowest BCUT2D eigenvalue weighted by Crippen LogP contribution is -2.19. The van der Waals surface area contributed by atoms with E-state index in [2.05, 4.69) is 68.6 Å². The van der Waals surface area contributed by atoms with Crippen molar-refractivity contribution in [2.24, 2.45) is 0 Å². The summed E-state index contributed by atoms with van der Waals surface area (Å²) in [4.78, 5) is 0. The number of hydrogen-bond donors (Lipinski definition) is 1. The standard InChI is InChI=1S/C18H23N/c1-13-8-10-16(11-9-13)18(19-4)12-17-14(2)6-5-7-15(17)3/h5-11,18-19H,12H2,1-4H3. The zero-order chi connectivity index (χ0) is 13.8. The van der Waals surface area contributed by atoms with Gasteiger partial charge in [0.25, 0.3) is 0 Å². The van der Waals surface area contributed by atoms with Gasteiger partial charge in [-0.25, -0.2) is 0 Å². The SMILES string of the molecule is CNC(Cc1c(C)cccc1C)c1ccc(C)cc1. The van der Waals surface area contributed by atoms with E-state index in [9.17, 15) is 0 Å². The van der Waals surface area contributed by atoms with Crippen LogP contribution in [-0.2, 0) is 6.42 Å². The summed E-state index contributed by atoms with van der Waals surface area (Å²) in [5.41, 5.74) is 6.89. The van der Waals surface area contributed by atoms with Gasteiger partial charge >= 0.3 is 0 Å². The van der Waals surface area contributed by atoms with E-state index in [0.717, 1.165) is 6.42 Å². The Morgan fingerprint density at radius 2 is 1.47 bits per heavy atom. The number of likely N-dealkylation sites (N-methyl/N-ethyl adjacent to an activating group) is 1. The molecular weight excluding hydrogens is 230 g/mol. The van der Waals surface area contributed by atoms with Crippen molar-refractivity contribution in [1.29, 1.82) is 0 Å². The minimum atomic E-state index is 0.375. The average Bonchev–Trinajstić information content (AvgIpc) is 2.40. The Morgan fingerprint density at radius 3 is 2.00 bits per heavy atom. The van der Waals surface area contributed by atoms with E-state index < -0.39 is 0 Å². The van der Waals surface area contributed by atoms with Crippen LogP contribution in [-0.4, -0.2) is 7.05 Å². The van der Waals surface area contributed by atoms with E-state index in [1.54, 1.807) is 0 Å². The molecule has 0 aliphatic rings. The molecule has 0 heterocycles. The first-order chi connectivity index (χ1) is 9.11. The number of aryl methyl sites for hydroxylation is 3. The summed E-state index contributed by atoms with van der Waals surface area (Å²) < 4.78 is 0. The molecule has 1 N–H and O–H groups in total. The molecular formula is C18H23N. The van der Waals surface area contributed by atoms with Gasteiger partial charge in [-0.2, -0.15) is 0 Å². The Bertz CT molecular complexity index is 520. The molecule has 0 aromatic heterocycles. The van der Waals surface area contributed by atoms with Gasteiger partial charge in [-0.1, -0.05) is 48.0 Å². The Morgan fingerprint density at radius 1 is 0.895 bits per heavy atom. The van der Waals surface area contributed by atoms with Crippen LogP contribution in [0.15, 0.2) is 42.5 Å². The molecule has 0 aliphatic carbocycles. The quantitative estimate of drug-likeness (QED) is 0.864. The van der Waals surface area contributed by atoms with E-state index >= 15 is 0 Å². The van der Waals surface area contributed by atoms with Crippen molar-refractivity contribution in [3.63, 3.8) is 0 Å². The van der Waals surface area contributed by atoms with E-state index in [4.69, 9.17) is 0 Å². The van der Waals surface area contributed by atoms with E-state index in [-0.39, 0.29) is 0 Å². The highest BCUT2D eigenvalue weighted by Gasteiger charge is 2.12. The smallest absolute Gasteiger partial charge is 0.0358 e. The van der Waals surface area contributed by atoms with Crippen molar-refractivity contribution in [3.05, 3.63) is 70.3 Å². The average molecular weight is 253 g/mol. The van der Waals surface area contributed by atoms with E-state index in [0.29, 0.717) is 6.04 Å². The summed E-state index contributed by atoms with van der Waals surface area (Å²) in [5.74, 6) is 0. The Balaban J connectivity index is 2.26. The summed E-state index contributed by atoms with van der Waals surface area (Å²) in [6, 6.07) is 15.7. The molecule has 100 valence electrons. The summed E-state index contributed by atoms with van der Waals surface area (Å²) in [5, 5.41) is 3.44. The third-order valence-corrected chi connectivity index (χ3v) is 3.88. The lowest BCUT2D eigenvalue weighted by atomic mass is 9.93. The molecule has 0 saturated heterocycles. The predicted octanol–water partition coefficient (Wildman–Crippen LogP) is 4.12. The van der Waals surface area contributed by atoms with Gasteiger partial charge in [-0.05, 0) is 56.5 Å². The van der Waals surface area contributed by atoms with Crippen molar-refractivity contribution in [1.82, 2.24) is 5.32 Å². The molecule has 1 unspecified atom stereocenters. The van der Waals surface area contributed by atoms with Gasteiger partial charge in [-0.3, -0.25) is 0 Å². The Labute approximate surface area is 116 Å². The third kappa shape index (κ3) is 3.24. The molecule has 0 spiro atoms. The molecule has 2 rings (SSSR count). The van der Waals surface area contributed by atoms with Gasteiger partial charge in [0.2, 0.25) is 0 Å². The van der Waals surface area contributed by atoms with Crippen LogP contribution in [0.1, 0.15) is 33.9 Å². The van der Waals surface area contributed by atoms with Crippen molar-refractivity contribution in [2.45, 2.75) is 33.2 Å². The minimum absolute atomic E-state index is 0.375. The highest BCUT2D eigenvalue weighted by molar-refractivity contribution is 5.36. The second kappa shape index (κ2) is 6.03. The zero-order valence-electron chi connectivity index (χ0n) is 12.3. The van der Waals surface area contributed by atoms with Crippen LogP contribution in [0.5, 0.6) is 0 Å². The highest BCUT2D eigenvalue weighted by Crippen LogP contribution is 2.23. The highest BCUT2D eigenvalue weighted by atomic mass is 14.9. The molecule has 0 aliphatic heterocycles. The molecule has 2 aromatic carbocycles. The molecule has 19 heavy (non-hydrogen) atoms. The number of rotatable bonds is 4. The number of nitrogens with one attached hydrogen (secondary N) is 1. The molecule has 1 atom stereocenters. The second-order valence-corrected chi connectivity index (χ2v) is 5.33. The first-order valence-corrected chi connectivity index (χ1v) is 6.90. The topological polar surface area (TPSA) is 12.0 Å². The van der Waals surface area contributed by atoms with Gasteiger partial charge in [0, 0.05) is 6.04 Å². The fourth-order valence-corrected chi connectivity index (χ4v) is 2.56. The maximum atomic E-state index is 3.44. The molecule has 0 fully saturated rings. The second-order valence-electron chi connectivity index (χ2n) is 5.33. The van der Waals surface area contributed by atoms with Crippen LogP contribution in [0.4, 0.5) is 0 Å².